The Balaban J connectivity index is 2.02. The SMILES string of the molecule is C=C/C=C/C=C/C=C/C=C/CCCCCCCCCC(=O)OC/C=C(\C)CC/C=C(\C)CCC1C(C)=CCCC1(C)C. The lowest BCUT2D eigenvalue weighted by molar-refractivity contribution is -0.142. The second kappa shape index (κ2) is 23.9. The van der Waals surface area contributed by atoms with Crippen LogP contribution in [0.15, 0.2) is 96.2 Å². The van der Waals surface area contributed by atoms with Gasteiger partial charge in [0.15, 0.2) is 0 Å². The van der Waals surface area contributed by atoms with Crippen LogP contribution in [0.2, 0.25) is 0 Å². The van der Waals surface area contributed by atoms with Crippen LogP contribution < -0.4 is 0 Å². The number of rotatable bonds is 22. The van der Waals surface area contributed by atoms with E-state index in [2.05, 4.69) is 77.7 Å². The first-order chi connectivity index (χ1) is 20.3. The number of allylic oxidation sites excluding steroid dienone is 14. The maximum atomic E-state index is 12.1. The molecule has 1 rings (SSSR count). The van der Waals surface area contributed by atoms with Crippen molar-refractivity contribution in [1.29, 1.82) is 0 Å². The van der Waals surface area contributed by atoms with Crippen LogP contribution in [0.1, 0.15) is 131 Å². The monoisotopic (exact) mass is 574 g/mol. The van der Waals surface area contributed by atoms with Gasteiger partial charge in [-0.3, -0.25) is 4.79 Å². The van der Waals surface area contributed by atoms with Crippen LogP contribution in [-0.4, -0.2) is 12.6 Å². The Morgan fingerprint density at radius 3 is 2.14 bits per heavy atom. The molecule has 0 spiro atoms. The number of ether oxygens (including phenoxy) is 1. The summed E-state index contributed by atoms with van der Waals surface area (Å²) in [6.07, 6.45) is 42.1. The van der Waals surface area contributed by atoms with Crippen LogP contribution in [0.3, 0.4) is 0 Å². The number of hydrogen-bond donors (Lipinski definition) is 0. The summed E-state index contributed by atoms with van der Waals surface area (Å²) in [6.45, 7) is 15.7. The highest BCUT2D eigenvalue weighted by Gasteiger charge is 2.32. The molecule has 0 saturated heterocycles. The van der Waals surface area contributed by atoms with Crippen molar-refractivity contribution < 1.29 is 9.53 Å². The van der Waals surface area contributed by atoms with E-state index in [0.29, 0.717) is 24.4 Å². The molecule has 1 aliphatic rings. The van der Waals surface area contributed by atoms with Gasteiger partial charge in [0, 0.05) is 6.42 Å². The van der Waals surface area contributed by atoms with Gasteiger partial charge in [-0.2, -0.15) is 0 Å². The van der Waals surface area contributed by atoms with E-state index >= 15 is 0 Å². The minimum Gasteiger partial charge on any atom is -0.461 e. The molecule has 0 heterocycles. The Labute approximate surface area is 260 Å². The fraction of sp³-hybridized carbons (Fsp3) is 0.575. The van der Waals surface area contributed by atoms with Gasteiger partial charge in [0.2, 0.25) is 0 Å². The van der Waals surface area contributed by atoms with Crippen molar-refractivity contribution in [3.05, 3.63) is 96.2 Å². The highest BCUT2D eigenvalue weighted by atomic mass is 16.5. The predicted octanol–water partition coefficient (Wildman–Crippen LogP) is 12.3. The molecule has 1 unspecified atom stereocenters. The average molecular weight is 575 g/mol. The molecule has 1 aliphatic carbocycles. The Kier molecular flexibility index (Phi) is 21.3. The zero-order valence-corrected chi connectivity index (χ0v) is 27.8. The summed E-state index contributed by atoms with van der Waals surface area (Å²) >= 11 is 0. The van der Waals surface area contributed by atoms with E-state index in [0.717, 1.165) is 32.1 Å². The molecule has 0 aromatic heterocycles. The fourth-order valence-electron chi connectivity index (χ4n) is 5.68. The van der Waals surface area contributed by atoms with Crippen molar-refractivity contribution in [2.24, 2.45) is 11.3 Å². The topological polar surface area (TPSA) is 26.3 Å². The lowest BCUT2D eigenvalue weighted by Gasteiger charge is -2.38. The summed E-state index contributed by atoms with van der Waals surface area (Å²) in [5.74, 6) is 0.649. The largest absolute Gasteiger partial charge is 0.461 e. The first-order valence-electron chi connectivity index (χ1n) is 16.7. The Bertz CT molecular complexity index is 964. The van der Waals surface area contributed by atoms with E-state index in [1.54, 1.807) is 11.6 Å². The summed E-state index contributed by atoms with van der Waals surface area (Å²) < 4.78 is 5.45. The average Bonchev–Trinajstić information content (AvgIpc) is 2.94. The van der Waals surface area contributed by atoms with Gasteiger partial charge in [0.05, 0.1) is 0 Å². The van der Waals surface area contributed by atoms with E-state index < -0.39 is 0 Å². The highest BCUT2D eigenvalue weighted by molar-refractivity contribution is 5.69. The van der Waals surface area contributed by atoms with Gasteiger partial charge < -0.3 is 4.74 Å². The molecule has 0 saturated carbocycles. The number of hydrogen-bond acceptors (Lipinski definition) is 2. The number of carbonyl (C=O) groups excluding carboxylic acids is 1. The molecule has 0 aromatic carbocycles. The Morgan fingerprint density at radius 1 is 0.833 bits per heavy atom. The lowest BCUT2D eigenvalue weighted by Crippen LogP contribution is -2.27. The third kappa shape index (κ3) is 19.5. The van der Waals surface area contributed by atoms with E-state index in [9.17, 15) is 4.79 Å². The van der Waals surface area contributed by atoms with Crippen molar-refractivity contribution in [2.75, 3.05) is 6.61 Å². The normalized spacial score (nSPS) is 18.0. The number of carbonyl (C=O) groups is 1. The first-order valence-corrected chi connectivity index (χ1v) is 16.7. The van der Waals surface area contributed by atoms with Gasteiger partial charge in [0.25, 0.3) is 0 Å². The second-order valence-corrected chi connectivity index (χ2v) is 12.7. The first kappa shape index (κ1) is 37.4. The maximum absolute atomic E-state index is 12.1. The summed E-state index contributed by atoms with van der Waals surface area (Å²) in [6, 6.07) is 0. The van der Waals surface area contributed by atoms with E-state index in [-0.39, 0.29) is 5.97 Å². The van der Waals surface area contributed by atoms with Crippen molar-refractivity contribution in [2.45, 2.75) is 131 Å². The molecular weight excluding hydrogens is 512 g/mol. The van der Waals surface area contributed by atoms with Crippen LogP contribution in [-0.2, 0) is 9.53 Å². The molecule has 234 valence electrons. The third-order valence-corrected chi connectivity index (χ3v) is 8.47. The van der Waals surface area contributed by atoms with Gasteiger partial charge in [0.1, 0.15) is 6.61 Å². The summed E-state index contributed by atoms with van der Waals surface area (Å²) in [5, 5.41) is 0. The van der Waals surface area contributed by atoms with Gasteiger partial charge in [-0.05, 0) is 96.0 Å². The van der Waals surface area contributed by atoms with Gasteiger partial charge in [-0.1, -0.05) is 136 Å². The van der Waals surface area contributed by atoms with Crippen LogP contribution in [0.5, 0.6) is 0 Å². The summed E-state index contributed by atoms with van der Waals surface area (Å²) in [7, 11) is 0. The van der Waals surface area contributed by atoms with E-state index in [4.69, 9.17) is 4.74 Å². The minimum absolute atomic E-state index is 0.0608. The molecule has 0 aliphatic heterocycles. The smallest absolute Gasteiger partial charge is 0.306 e. The fourth-order valence-corrected chi connectivity index (χ4v) is 5.68. The Morgan fingerprint density at radius 2 is 1.45 bits per heavy atom. The van der Waals surface area contributed by atoms with Crippen molar-refractivity contribution in [3.8, 4) is 0 Å². The van der Waals surface area contributed by atoms with Crippen LogP contribution in [0.4, 0.5) is 0 Å². The molecule has 0 amide bonds. The molecule has 2 heteroatoms. The van der Waals surface area contributed by atoms with E-state index in [1.807, 2.05) is 30.4 Å². The van der Waals surface area contributed by atoms with Crippen molar-refractivity contribution in [1.82, 2.24) is 0 Å². The van der Waals surface area contributed by atoms with Crippen LogP contribution >= 0.6 is 0 Å². The van der Waals surface area contributed by atoms with E-state index in [1.165, 1.54) is 68.9 Å². The standard InChI is InChI=1S/C40H62O2/c1-7-8-9-10-11-12-13-14-15-16-17-18-19-20-21-22-23-29-39(41)42-34-32-36(3)27-24-26-35(2)30-31-38-37(4)28-25-33-40(38,5)6/h7-15,26,28,32,38H,1,16-25,27,29-31,33-34H2,2-6H3/b9-8+,11-10+,13-12+,15-14+,35-26+,36-32+. The van der Waals surface area contributed by atoms with Gasteiger partial charge in [-0.25, -0.2) is 0 Å². The molecule has 0 aromatic rings. The maximum Gasteiger partial charge on any atom is 0.306 e. The minimum atomic E-state index is -0.0608. The molecule has 0 fully saturated rings. The zero-order valence-electron chi connectivity index (χ0n) is 27.8. The lowest BCUT2D eigenvalue weighted by atomic mass is 9.67. The quantitative estimate of drug-likeness (QED) is 0.0556. The van der Waals surface area contributed by atoms with Crippen LogP contribution in [0, 0.1) is 11.3 Å². The zero-order chi connectivity index (χ0) is 30.9. The number of esters is 1. The molecule has 42 heavy (non-hydrogen) atoms. The third-order valence-electron chi connectivity index (χ3n) is 8.47. The molecule has 0 radical (unpaired) electrons. The molecule has 0 N–H and O–H groups in total. The second-order valence-electron chi connectivity index (χ2n) is 12.7. The molecule has 0 bridgehead atoms. The molecule has 1 atom stereocenters. The molecule has 2 nitrogen and oxygen atoms in total. The van der Waals surface area contributed by atoms with Gasteiger partial charge >= 0.3 is 5.97 Å². The summed E-state index contributed by atoms with van der Waals surface area (Å²) in [5.41, 5.74) is 4.82. The van der Waals surface area contributed by atoms with Crippen molar-refractivity contribution in [3.63, 3.8) is 0 Å². The summed E-state index contributed by atoms with van der Waals surface area (Å²) in [4.78, 5) is 12.1. The predicted molar refractivity (Wildman–Crippen MR) is 186 cm³/mol. The number of unbranched alkanes of at least 4 members (excludes halogenated alkanes) is 7. The molecular formula is C40H62O2. The van der Waals surface area contributed by atoms with Crippen molar-refractivity contribution >= 4 is 5.97 Å². The highest BCUT2D eigenvalue weighted by Crippen LogP contribution is 2.43. The van der Waals surface area contributed by atoms with Crippen LogP contribution in [0.25, 0.3) is 0 Å². The van der Waals surface area contributed by atoms with Gasteiger partial charge in [-0.15, -0.1) is 0 Å². The Hall–Kier alpha value is -2.61.